The quantitative estimate of drug-likeness (QED) is 0.418. The van der Waals surface area contributed by atoms with Crippen LogP contribution >= 0.6 is 0 Å². The van der Waals surface area contributed by atoms with E-state index in [1.165, 1.54) is 19.3 Å². The molecule has 0 amide bonds. The van der Waals surface area contributed by atoms with E-state index in [1.54, 1.807) is 0 Å². The molecule has 2 heterocycles. The Morgan fingerprint density at radius 3 is 3.00 bits per heavy atom. The van der Waals surface area contributed by atoms with Gasteiger partial charge >= 0.3 is 0 Å². The fraction of sp³-hybridized carbons (Fsp3) is 0.875. The summed E-state index contributed by atoms with van der Waals surface area (Å²) in [7, 11) is 2.13. The minimum absolute atomic E-state index is 0.443. The second-order valence-corrected chi connectivity index (χ2v) is 3.54. The van der Waals surface area contributed by atoms with Gasteiger partial charge in [0.2, 0.25) is 0 Å². The molecule has 0 spiro atoms. The van der Waals surface area contributed by atoms with Gasteiger partial charge in [-0.2, -0.15) is 0 Å². The first kappa shape index (κ1) is 7.10. The predicted octanol–water partition coefficient (Wildman–Crippen LogP) is 1.07. The molecule has 0 radical (unpaired) electrons. The molecule has 2 fully saturated rings. The lowest BCUT2D eigenvalue weighted by Gasteiger charge is -2.31. The fourth-order valence-corrected chi connectivity index (χ4v) is 2.36. The summed E-state index contributed by atoms with van der Waals surface area (Å²) in [5.41, 5.74) is 0.987. The van der Waals surface area contributed by atoms with Crippen LogP contribution in [0.25, 0.3) is 0 Å². The van der Waals surface area contributed by atoms with E-state index < -0.39 is 0 Å². The van der Waals surface area contributed by atoms with E-state index in [-0.39, 0.29) is 0 Å². The summed E-state index contributed by atoms with van der Waals surface area (Å²) in [5.74, 6) is 0. The molecule has 2 bridgehead atoms. The van der Waals surface area contributed by atoms with Crippen molar-refractivity contribution in [2.24, 2.45) is 5.16 Å². The van der Waals surface area contributed by atoms with Crippen molar-refractivity contribution in [2.75, 3.05) is 7.05 Å². The highest BCUT2D eigenvalue weighted by atomic mass is 16.4. The standard InChI is InChI=1S/C8H14N2O/c1-10-6-2-4-7(9-11)8(10)5-3-6/h6,8,11H,2-5H2,1H3/t6-,8-/m1/s1. The summed E-state index contributed by atoms with van der Waals surface area (Å²) in [6.45, 7) is 0. The largest absolute Gasteiger partial charge is 0.411 e. The Hall–Kier alpha value is -0.570. The van der Waals surface area contributed by atoms with Crippen LogP contribution in [0, 0.1) is 0 Å². The van der Waals surface area contributed by atoms with Gasteiger partial charge in [0.15, 0.2) is 0 Å². The van der Waals surface area contributed by atoms with E-state index in [0.717, 1.165) is 18.2 Å². The molecule has 1 N–H and O–H groups in total. The Bertz CT molecular complexity index is 191. The third-order valence-corrected chi connectivity index (χ3v) is 3.09. The molecule has 2 aliphatic rings. The first-order valence-corrected chi connectivity index (χ1v) is 4.25. The maximum absolute atomic E-state index is 8.69. The van der Waals surface area contributed by atoms with Crippen LogP contribution in [-0.4, -0.2) is 35.0 Å². The highest BCUT2D eigenvalue weighted by Crippen LogP contribution is 2.32. The zero-order valence-electron chi connectivity index (χ0n) is 6.82. The van der Waals surface area contributed by atoms with Crippen molar-refractivity contribution in [3.05, 3.63) is 0 Å². The van der Waals surface area contributed by atoms with Crippen molar-refractivity contribution in [1.29, 1.82) is 0 Å². The van der Waals surface area contributed by atoms with Gasteiger partial charge in [-0.1, -0.05) is 5.16 Å². The number of piperidine rings is 1. The van der Waals surface area contributed by atoms with Gasteiger partial charge < -0.3 is 5.21 Å². The van der Waals surface area contributed by atoms with Crippen molar-refractivity contribution in [3.63, 3.8) is 0 Å². The van der Waals surface area contributed by atoms with Gasteiger partial charge in [-0.3, -0.25) is 4.90 Å². The Morgan fingerprint density at radius 1 is 1.45 bits per heavy atom. The van der Waals surface area contributed by atoms with Crippen LogP contribution < -0.4 is 0 Å². The highest BCUT2D eigenvalue weighted by Gasteiger charge is 2.37. The first-order valence-electron chi connectivity index (χ1n) is 4.25. The van der Waals surface area contributed by atoms with Gasteiger partial charge in [-0.15, -0.1) is 0 Å². The molecule has 0 aliphatic carbocycles. The highest BCUT2D eigenvalue weighted by molar-refractivity contribution is 5.90. The van der Waals surface area contributed by atoms with Gasteiger partial charge in [-0.25, -0.2) is 0 Å². The van der Waals surface area contributed by atoms with Gasteiger partial charge in [0.05, 0.1) is 11.8 Å². The summed E-state index contributed by atoms with van der Waals surface area (Å²) in [6, 6.07) is 1.20. The molecule has 0 unspecified atom stereocenters. The monoisotopic (exact) mass is 154 g/mol. The fourth-order valence-electron chi connectivity index (χ4n) is 2.36. The maximum atomic E-state index is 8.69. The van der Waals surface area contributed by atoms with Crippen molar-refractivity contribution in [1.82, 2.24) is 4.90 Å². The number of fused-ring (bicyclic) bond motifs is 2. The molecule has 3 heteroatoms. The maximum Gasteiger partial charge on any atom is 0.0742 e. The van der Waals surface area contributed by atoms with Crippen LogP contribution in [0.1, 0.15) is 25.7 Å². The molecular formula is C8H14N2O. The number of hydrogen-bond donors (Lipinski definition) is 1. The summed E-state index contributed by atoms with van der Waals surface area (Å²) < 4.78 is 0. The third kappa shape index (κ3) is 0.948. The Labute approximate surface area is 66.7 Å². The van der Waals surface area contributed by atoms with Crippen molar-refractivity contribution >= 4 is 5.71 Å². The molecule has 2 saturated heterocycles. The Balaban J connectivity index is 2.20. The van der Waals surface area contributed by atoms with Gasteiger partial charge in [0, 0.05) is 6.04 Å². The SMILES string of the molecule is CN1[C@@H]2CCC(=NO)[C@H]1CC2. The number of rotatable bonds is 0. The summed E-state index contributed by atoms with van der Waals surface area (Å²) in [5, 5.41) is 12.0. The van der Waals surface area contributed by atoms with Crippen LogP contribution in [0.2, 0.25) is 0 Å². The van der Waals surface area contributed by atoms with Crippen LogP contribution in [0.15, 0.2) is 5.16 Å². The molecule has 2 atom stereocenters. The van der Waals surface area contributed by atoms with Crippen LogP contribution in [0.4, 0.5) is 0 Å². The number of hydrogen-bond acceptors (Lipinski definition) is 3. The minimum atomic E-state index is 0.443. The Morgan fingerprint density at radius 2 is 2.27 bits per heavy atom. The average molecular weight is 154 g/mol. The summed E-state index contributed by atoms with van der Waals surface area (Å²) in [6.07, 6.45) is 4.63. The van der Waals surface area contributed by atoms with E-state index in [2.05, 4.69) is 17.1 Å². The summed E-state index contributed by atoms with van der Waals surface area (Å²) in [4.78, 5) is 2.35. The molecule has 0 aromatic carbocycles. The lowest BCUT2D eigenvalue weighted by molar-refractivity contribution is 0.238. The van der Waals surface area contributed by atoms with Crippen LogP contribution in [0.5, 0.6) is 0 Å². The number of oxime groups is 1. The molecule has 2 rings (SSSR count). The normalized spacial score (nSPS) is 41.7. The first-order chi connectivity index (χ1) is 5.33. The van der Waals surface area contributed by atoms with E-state index in [4.69, 9.17) is 5.21 Å². The minimum Gasteiger partial charge on any atom is -0.411 e. The second kappa shape index (κ2) is 2.48. The topological polar surface area (TPSA) is 35.8 Å². The molecular weight excluding hydrogens is 140 g/mol. The van der Waals surface area contributed by atoms with Crippen LogP contribution in [0.3, 0.4) is 0 Å². The molecule has 3 nitrogen and oxygen atoms in total. The molecule has 0 aromatic heterocycles. The van der Waals surface area contributed by atoms with Crippen molar-refractivity contribution in [3.8, 4) is 0 Å². The lowest BCUT2D eigenvalue weighted by atomic mass is 10.0. The van der Waals surface area contributed by atoms with Gasteiger partial charge in [0.1, 0.15) is 0 Å². The zero-order chi connectivity index (χ0) is 7.84. The van der Waals surface area contributed by atoms with E-state index >= 15 is 0 Å². The van der Waals surface area contributed by atoms with Gasteiger partial charge in [-0.05, 0) is 32.7 Å². The Kier molecular flexibility index (Phi) is 1.60. The molecule has 0 saturated carbocycles. The average Bonchev–Trinajstić information content (AvgIpc) is 2.31. The van der Waals surface area contributed by atoms with E-state index in [1.807, 2.05) is 0 Å². The van der Waals surface area contributed by atoms with Crippen LogP contribution in [-0.2, 0) is 0 Å². The third-order valence-electron chi connectivity index (χ3n) is 3.09. The van der Waals surface area contributed by atoms with Crippen molar-refractivity contribution < 1.29 is 5.21 Å². The predicted molar refractivity (Wildman–Crippen MR) is 43.0 cm³/mol. The second-order valence-electron chi connectivity index (χ2n) is 3.54. The summed E-state index contributed by atoms with van der Waals surface area (Å²) >= 11 is 0. The molecule has 0 aromatic rings. The van der Waals surface area contributed by atoms with Gasteiger partial charge in [0.25, 0.3) is 0 Å². The smallest absolute Gasteiger partial charge is 0.0742 e. The lowest BCUT2D eigenvalue weighted by Crippen LogP contribution is -2.42. The van der Waals surface area contributed by atoms with Crippen molar-refractivity contribution in [2.45, 2.75) is 37.8 Å². The molecule has 2 aliphatic heterocycles. The molecule has 62 valence electrons. The van der Waals surface area contributed by atoms with E-state index in [9.17, 15) is 0 Å². The zero-order valence-corrected chi connectivity index (χ0v) is 6.82. The number of nitrogens with zero attached hydrogens (tertiary/aromatic N) is 2. The molecule has 11 heavy (non-hydrogen) atoms. The van der Waals surface area contributed by atoms with E-state index in [0.29, 0.717) is 6.04 Å².